The molecular formula is C5H9NO. The van der Waals surface area contributed by atoms with Crippen LogP contribution < -0.4 is 0 Å². The molecule has 1 rings (SSSR count). The van der Waals surface area contributed by atoms with Gasteiger partial charge in [-0.3, -0.25) is 4.79 Å². The Labute approximate surface area is 43.1 Å². The van der Waals surface area contributed by atoms with Crippen LogP contribution in [0.5, 0.6) is 0 Å². The topological polar surface area (TPSA) is 20.1 Å². The number of carbonyl (C=O) groups excluding carboxylic acids is 1. The van der Waals surface area contributed by atoms with Gasteiger partial charge in [0.2, 0.25) is 5.91 Å². The van der Waals surface area contributed by atoms with E-state index < -0.39 is 0 Å². The van der Waals surface area contributed by atoms with E-state index >= 15 is 0 Å². The van der Waals surface area contributed by atoms with Crippen LogP contribution in [0, 0.1) is 0 Å². The highest BCUT2D eigenvalue weighted by atomic mass is 16.2. The molecule has 1 aliphatic rings. The SMILES string of the molecule is CC(=O)N1C[C@@H]1C. The van der Waals surface area contributed by atoms with E-state index in [0.717, 1.165) is 6.54 Å². The predicted octanol–water partition coefficient (Wildman–Crippen LogP) is 0.237. The van der Waals surface area contributed by atoms with E-state index in [-0.39, 0.29) is 5.91 Å². The van der Waals surface area contributed by atoms with Gasteiger partial charge in [0.25, 0.3) is 0 Å². The minimum absolute atomic E-state index is 0.201. The monoisotopic (exact) mass is 99.1 g/mol. The summed E-state index contributed by atoms with van der Waals surface area (Å²) in [5.41, 5.74) is 0. The smallest absolute Gasteiger partial charge is 0.219 e. The second-order valence-electron chi connectivity index (χ2n) is 2.02. The van der Waals surface area contributed by atoms with Gasteiger partial charge in [-0.2, -0.15) is 0 Å². The lowest BCUT2D eigenvalue weighted by Gasteiger charge is -1.89. The number of hydrogen-bond acceptors (Lipinski definition) is 1. The first-order chi connectivity index (χ1) is 3.22. The molecule has 0 saturated carbocycles. The average molecular weight is 99.1 g/mol. The Morgan fingerprint density at radius 2 is 2.29 bits per heavy atom. The van der Waals surface area contributed by atoms with Crippen LogP contribution in [-0.2, 0) is 4.79 Å². The summed E-state index contributed by atoms with van der Waals surface area (Å²) in [5, 5.41) is 0. The first-order valence-corrected chi connectivity index (χ1v) is 2.49. The minimum Gasteiger partial charge on any atom is -0.336 e. The molecular weight excluding hydrogens is 90.1 g/mol. The van der Waals surface area contributed by atoms with Crippen LogP contribution in [0.4, 0.5) is 0 Å². The molecule has 0 spiro atoms. The molecule has 0 N–H and O–H groups in total. The molecule has 0 aromatic heterocycles. The normalized spacial score (nSPS) is 27.7. The molecule has 0 unspecified atom stereocenters. The molecule has 2 nitrogen and oxygen atoms in total. The molecule has 40 valence electrons. The van der Waals surface area contributed by atoms with Crippen molar-refractivity contribution in [2.45, 2.75) is 19.9 Å². The molecule has 7 heavy (non-hydrogen) atoms. The lowest BCUT2D eigenvalue weighted by atomic mass is 10.6. The fraction of sp³-hybridized carbons (Fsp3) is 0.800. The third-order valence-corrected chi connectivity index (χ3v) is 1.26. The van der Waals surface area contributed by atoms with Crippen LogP contribution in [0.2, 0.25) is 0 Å². The fourth-order valence-electron chi connectivity index (χ4n) is 0.676. The van der Waals surface area contributed by atoms with Gasteiger partial charge >= 0.3 is 0 Å². The molecule has 1 aliphatic heterocycles. The number of hydrogen-bond donors (Lipinski definition) is 0. The van der Waals surface area contributed by atoms with Crippen molar-refractivity contribution >= 4 is 5.91 Å². The number of nitrogens with zero attached hydrogens (tertiary/aromatic N) is 1. The molecule has 0 radical (unpaired) electrons. The van der Waals surface area contributed by atoms with E-state index in [2.05, 4.69) is 0 Å². The van der Waals surface area contributed by atoms with Crippen molar-refractivity contribution in [1.29, 1.82) is 0 Å². The lowest BCUT2D eigenvalue weighted by molar-refractivity contribution is -0.123. The summed E-state index contributed by atoms with van der Waals surface area (Å²) in [6, 6.07) is 0.525. The van der Waals surface area contributed by atoms with Crippen LogP contribution in [0.1, 0.15) is 13.8 Å². The summed E-state index contributed by atoms with van der Waals surface area (Å²) in [6.45, 7) is 4.61. The Morgan fingerprint density at radius 1 is 1.86 bits per heavy atom. The summed E-state index contributed by atoms with van der Waals surface area (Å²) < 4.78 is 0. The quantitative estimate of drug-likeness (QED) is 0.398. The maximum absolute atomic E-state index is 10.3. The molecule has 0 aromatic rings. The molecule has 1 amide bonds. The van der Waals surface area contributed by atoms with Gasteiger partial charge in [0.05, 0.1) is 0 Å². The van der Waals surface area contributed by atoms with Crippen molar-refractivity contribution in [3.8, 4) is 0 Å². The highest BCUT2D eigenvalue weighted by Crippen LogP contribution is 2.14. The van der Waals surface area contributed by atoms with Gasteiger partial charge in [-0.1, -0.05) is 0 Å². The summed E-state index contributed by atoms with van der Waals surface area (Å²) in [5.74, 6) is 0.201. The van der Waals surface area contributed by atoms with Crippen LogP contribution in [0.15, 0.2) is 0 Å². The summed E-state index contributed by atoms with van der Waals surface area (Å²) in [7, 11) is 0. The van der Waals surface area contributed by atoms with Gasteiger partial charge in [0.1, 0.15) is 0 Å². The van der Waals surface area contributed by atoms with E-state index in [1.807, 2.05) is 11.8 Å². The second kappa shape index (κ2) is 1.22. The molecule has 2 heteroatoms. The van der Waals surface area contributed by atoms with E-state index in [9.17, 15) is 4.79 Å². The van der Waals surface area contributed by atoms with E-state index in [0.29, 0.717) is 6.04 Å². The Kier molecular flexibility index (Phi) is 0.805. The zero-order chi connectivity index (χ0) is 5.44. The minimum atomic E-state index is 0.201. The third kappa shape index (κ3) is 0.734. The highest BCUT2D eigenvalue weighted by molar-refractivity contribution is 5.76. The third-order valence-electron chi connectivity index (χ3n) is 1.26. The number of rotatable bonds is 0. The zero-order valence-electron chi connectivity index (χ0n) is 4.64. The zero-order valence-corrected chi connectivity index (χ0v) is 4.64. The van der Waals surface area contributed by atoms with Gasteiger partial charge in [0.15, 0.2) is 0 Å². The molecule has 0 aliphatic carbocycles. The van der Waals surface area contributed by atoms with E-state index in [1.54, 1.807) is 6.92 Å². The van der Waals surface area contributed by atoms with Crippen molar-refractivity contribution < 1.29 is 4.79 Å². The second-order valence-corrected chi connectivity index (χ2v) is 2.02. The maximum Gasteiger partial charge on any atom is 0.219 e. The molecule has 0 bridgehead atoms. The van der Waals surface area contributed by atoms with Crippen molar-refractivity contribution in [1.82, 2.24) is 4.90 Å². The number of carbonyl (C=O) groups is 1. The first-order valence-electron chi connectivity index (χ1n) is 2.49. The summed E-state index contributed by atoms with van der Waals surface area (Å²) in [6.07, 6.45) is 0. The van der Waals surface area contributed by atoms with Crippen molar-refractivity contribution in [2.24, 2.45) is 0 Å². The van der Waals surface area contributed by atoms with Gasteiger partial charge in [0, 0.05) is 19.5 Å². The van der Waals surface area contributed by atoms with Crippen molar-refractivity contribution in [3.63, 3.8) is 0 Å². The molecule has 1 saturated heterocycles. The maximum atomic E-state index is 10.3. The summed E-state index contributed by atoms with van der Waals surface area (Å²) >= 11 is 0. The Morgan fingerprint density at radius 3 is 2.29 bits per heavy atom. The van der Waals surface area contributed by atoms with Gasteiger partial charge in [-0.25, -0.2) is 0 Å². The molecule has 1 heterocycles. The Hall–Kier alpha value is -0.530. The van der Waals surface area contributed by atoms with Crippen LogP contribution in [0.25, 0.3) is 0 Å². The van der Waals surface area contributed by atoms with Crippen molar-refractivity contribution in [2.75, 3.05) is 6.54 Å². The fourth-order valence-corrected chi connectivity index (χ4v) is 0.676. The highest BCUT2D eigenvalue weighted by Gasteiger charge is 2.30. The Balaban J connectivity index is 2.33. The van der Waals surface area contributed by atoms with Gasteiger partial charge in [-0.05, 0) is 6.92 Å². The lowest BCUT2D eigenvalue weighted by Crippen LogP contribution is -2.05. The van der Waals surface area contributed by atoms with Gasteiger partial charge < -0.3 is 4.90 Å². The first kappa shape index (κ1) is 4.62. The molecule has 1 atom stereocenters. The van der Waals surface area contributed by atoms with Crippen LogP contribution >= 0.6 is 0 Å². The van der Waals surface area contributed by atoms with E-state index in [4.69, 9.17) is 0 Å². The van der Waals surface area contributed by atoms with Crippen molar-refractivity contribution in [3.05, 3.63) is 0 Å². The predicted molar refractivity (Wildman–Crippen MR) is 26.8 cm³/mol. The van der Waals surface area contributed by atoms with Crippen LogP contribution in [-0.4, -0.2) is 23.4 Å². The standard InChI is InChI=1S/C5H9NO/c1-4-3-6(4)5(2)7/h4H,3H2,1-2H3/t4-,6?/m0/s1. The largest absolute Gasteiger partial charge is 0.336 e. The van der Waals surface area contributed by atoms with Gasteiger partial charge in [-0.15, -0.1) is 0 Å². The Bertz CT molecular complexity index is 100. The molecule has 1 fully saturated rings. The van der Waals surface area contributed by atoms with E-state index in [1.165, 1.54) is 0 Å². The average Bonchev–Trinajstić information content (AvgIpc) is 2.17. The van der Waals surface area contributed by atoms with Crippen LogP contribution in [0.3, 0.4) is 0 Å². The summed E-state index contributed by atoms with van der Waals surface area (Å²) in [4.78, 5) is 12.2. The number of amides is 1. The molecule has 0 aromatic carbocycles.